The molecule has 0 radical (unpaired) electrons. The molecule has 19 heavy (non-hydrogen) atoms. The number of benzene rings is 1. The van der Waals surface area contributed by atoms with Gasteiger partial charge in [-0.25, -0.2) is 0 Å². The van der Waals surface area contributed by atoms with Crippen LogP contribution >= 0.6 is 0 Å². The lowest BCUT2D eigenvalue weighted by Gasteiger charge is -2.22. The molecule has 1 fully saturated rings. The van der Waals surface area contributed by atoms with Gasteiger partial charge >= 0.3 is 0 Å². The topological polar surface area (TPSA) is 38.0 Å². The van der Waals surface area contributed by atoms with Crippen LogP contribution in [0, 0.1) is 6.92 Å². The molecule has 2 unspecified atom stereocenters. The van der Waals surface area contributed by atoms with E-state index in [1.165, 1.54) is 36.0 Å². The molecule has 1 aromatic rings. The van der Waals surface area contributed by atoms with Gasteiger partial charge in [0.05, 0.1) is 0 Å². The second-order valence-corrected chi connectivity index (χ2v) is 6.97. The Morgan fingerprint density at radius 2 is 2.00 bits per heavy atom. The lowest BCUT2D eigenvalue weighted by atomic mass is 9.85. The van der Waals surface area contributed by atoms with E-state index in [9.17, 15) is 0 Å². The van der Waals surface area contributed by atoms with Crippen LogP contribution in [-0.2, 0) is 12.0 Å². The molecule has 0 spiro atoms. The van der Waals surface area contributed by atoms with Crippen LogP contribution in [-0.4, -0.2) is 12.1 Å². The normalized spacial score (nSPS) is 23.8. The molecule has 0 bridgehead atoms. The van der Waals surface area contributed by atoms with E-state index in [1.807, 2.05) is 0 Å². The zero-order chi connectivity index (χ0) is 14.0. The minimum Gasteiger partial charge on any atom is -0.326 e. The van der Waals surface area contributed by atoms with E-state index in [4.69, 9.17) is 5.73 Å². The van der Waals surface area contributed by atoms with Gasteiger partial charge in [-0.05, 0) is 41.9 Å². The average Bonchev–Trinajstić information content (AvgIpc) is 2.72. The third-order valence-electron chi connectivity index (χ3n) is 4.34. The first-order valence-corrected chi connectivity index (χ1v) is 7.47. The summed E-state index contributed by atoms with van der Waals surface area (Å²) in [6.07, 6.45) is 3.65. The zero-order valence-corrected chi connectivity index (χ0v) is 12.8. The lowest BCUT2D eigenvalue weighted by molar-refractivity contribution is 0.474. The largest absolute Gasteiger partial charge is 0.326 e. The Labute approximate surface area is 117 Å². The molecule has 0 aromatic heterocycles. The summed E-state index contributed by atoms with van der Waals surface area (Å²) in [5.74, 6) is 0. The third kappa shape index (κ3) is 3.58. The summed E-state index contributed by atoms with van der Waals surface area (Å²) < 4.78 is 0. The van der Waals surface area contributed by atoms with Crippen molar-refractivity contribution in [2.75, 3.05) is 0 Å². The van der Waals surface area contributed by atoms with Crippen LogP contribution in [0.4, 0.5) is 0 Å². The van der Waals surface area contributed by atoms with Crippen molar-refractivity contribution in [1.29, 1.82) is 0 Å². The van der Waals surface area contributed by atoms with Crippen molar-refractivity contribution in [3.05, 3.63) is 34.9 Å². The zero-order valence-electron chi connectivity index (χ0n) is 12.8. The highest BCUT2D eigenvalue weighted by Gasteiger charge is 2.23. The van der Waals surface area contributed by atoms with Crippen LogP contribution < -0.4 is 11.1 Å². The Balaban J connectivity index is 2.07. The summed E-state index contributed by atoms with van der Waals surface area (Å²) in [6, 6.07) is 7.68. The molecule has 2 rings (SSSR count). The van der Waals surface area contributed by atoms with Crippen molar-refractivity contribution in [2.24, 2.45) is 5.73 Å². The van der Waals surface area contributed by atoms with Crippen molar-refractivity contribution in [3.8, 4) is 0 Å². The molecular weight excluding hydrogens is 232 g/mol. The smallest absolute Gasteiger partial charge is 0.0222 e. The highest BCUT2D eigenvalue weighted by atomic mass is 15.0. The van der Waals surface area contributed by atoms with Gasteiger partial charge in [-0.3, -0.25) is 0 Å². The summed E-state index contributed by atoms with van der Waals surface area (Å²) >= 11 is 0. The number of rotatable bonds is 3. The van der Waals surface area contributed by atoms with E-state index in [2.05, 4.69) is 51.2 Å². The highest BCUT2D eigenvalue weighted by Crippen LogP contribution is 2.25. The number of aryl methyl sites for hydroxylation is 1. The summed E-state index contributed by atoms with van der Waals surface area (Å²) in [6.45, 7) is 9.93. The molecule has 0 saturated heterocycles. The second-order valence-electron chi connectivity index (χ2n) is 6.97. The fourth-order valence-corrected chi connectivity index (χ4v) is 2.81. The first kappa shape index (κ1) is 14.5. The number of nitrogens with one attached hydrogen (secondary N) is 1. The average molecular weight is 260 g/mol. The summed E-state index contributed by atoms with van der Waals surface area (Å²) in [5, 5.41) is 3.64. The van der Waals surface area contributed by atoms with Crippen LogP contribution in [0.3, 0.4) is 0 Å². The summed E-state index contributed by atoms with van der Waals surface area (Å²) in [7, 11) is 0. The summed E-state index contributed by atoms with van der Waals surface area (Å²) in [4.78, 5) is 0. The van der Waals surface area contributed by atoms with E-state index in [1.54, 1.807) is 0 Å². The first-order valence-electron chi connectivity index (χ1n) is 7.47. The Kier molecular flexibility index (Phi) is 4.32. The molecule has 1 aliphatic carbocycles. The van der Waals surface area contributed by atoms with Crippen molar-refractivity contribution in [2.45, 2.75) is 71.0 Å². The van der Waals surface area contributed by atoms with E-state index in [-0.39, 0.29) is 5.41 Å². The second kappa shape index (κ2) is 5.64. The van der Waals surface area contributed by atoms with E-state index >= 15 is 0 Å². The molecule has 2 atom stereocenters. The van der Waals surface area contributed by atoms with E-state index in [0.717, 1.165) is 6.54 Å². The monoisotopic (exact) mass is 260 g/mol. The van der Waals surface area contributed by atoms with Crippen molar-refractivity contribution in [3.63, 3.8) is 0 Å². The van der Waals surface area contributed by atoms with Crippen molar-refractivity contribution in [1.82, 2.24) is 5.32 Å². The van der Waals surface area contributed by atoms with Gasteiger partial charge in [0.15, 0.2) is 0 Å². The molecule has 3 N–H and O–H groups in total. The molecule has 1 aliphatic rings. The van der Waals surface area contributed by atoms with Crippen LogP contribution in [0.5, 0.6) is 0 Å². The molecule has 2 heteroatoms. The Hall–Kier alpha value is -0.860. The quantitative estimate of drug-likeness (QED) is 0.875. The van der Waals surface area contributed by atoms with Gasteiger partial charge in [0.25, 0.3) is 0 Å². The predicted octanol–water partition coefficient (Wildman–Crippen LogP) is 3.26. The maximum Gasteiger partial charge on any atom is 0.0222 e. The third-order valence-corrected chi connectivity index (χ3v) is 4.34. The number of hydrogen-bond donors (Lipinski definition) is 2. The molecule has 0 heterocycles. The first-order chi connectivity index (χ1) is 8.88. The molecule has 0 amide bonds. The maximum absolute atomic E-state index is 6.12. The molecule has 2 nitrogen and oxygen atoms in total. The maximum atomic E-state index is 6.12. The van der Waals surface area contributed by atoms with Crippen molar-refractivity contribution >= 4 is 0 Å². The minimum atomic E-state index is 0.214. The molecular formula is C17H28N2. The van der Waals surface area contributed by atoms with Gasteiger partial charge < -0.3 is 11.1 Å². The Morgan fingerprint density at radius 1 is 1.26 bits per heavy atom. The van der Waals surface area contributed by atoms with Gasteiger partial charge in [-0.1, -0.05) is 45.4 Å². The molecule has 1 aromatic carbocycles. The standard InChI is InChI=1S/C17H28N2/c1-12-8-9-14(17(2,3)4)10-13(12)11-19-16-7-5-6-15(16)18/h8-10,15-16,19H,5-7,11,18H2,1-4H3. The SMILES string of the molecule is Cc1ccc(C(C)(C)C)cc1CNC1CCCC1N. The molecule has 106 valence electrons. The van der Waals surface area contributed by atoms with Crippen LogP contribution in [0.15, 0.2) is 18.2 Å². The van der Waals surface area contributed by atoms with Gasteiger partial charge in [-0.15, -0.1) is 0 Å². The van der Waals surface area contributed by atoms with Crippen LogP contribution in [0.25, 0.3) is 0 Å². The fraction of sp³-hybridized carbons (Fsp3) is 0.647. The molecule has 1 saturated carbocycles. The van der Waals surface area contributed by atoms with E-state index < -0.39 is 0 Å². The Bertz CT molecular complexity index is 431. The highest BCUT2D eigenvalue weighted by molar-refractivity contribution is 5.34. The van der Waals surface area contributed by atoms with Gasteiger partial charge in [-0.2, -0.15) is 0 Å². The predicted molar refractivity (Wildman–Crippen MR) is 82.3 cm³/mol. The van der Waals surface area contributed by atoms with Crippen molar-refractivity contribution < 1.29 is 0 Å². The lowest BCUT2D eigenvalue weighted by Crippen LogP contribution is -2.40. The number of nitrogens with two attached hydrogens (primary N) is 1. The van der Waals surface area contributed by atoms with Crippen LogP contribution in [0.1, 0.15) is 56.7 Å². The minimum absolute atomic E-state index is 0.214. The van der Waals surface area contributed by atoms with E-state index in [0.29, 0.717) is 12.1 Å². The van der Waals surface area contributed by atoms with Gasteiger partial charge in [0.1, 0.15) is 0 Å². The Morgan fingerprint density at radius 3 is 2.58 bits per heavy atom. The van der Waals surface area contributed by atoms with Gasteiger partial charge in [0.2, 0.25) is 0 Å². The fourth-order valence-electron chi connectivity index (χ4n) is 2.81. The summed E-state index contributed by atoms with van der Waals surface area (Å²) in [5.41, 5.74) is 10.5. The molecule has 0 aliphatic heterocycles. The van der Waals surface area contributed by atoms with Crippen LogP contribution in [0.2, 0.25) is 0 Å². The number of hydrogen-bond acceptors (Lipinski definition) is 2. The van der Waals surface area contributed by atoms with Gasteiger partial charge in [0, 0.05) is 18.6 Å².